The number of methoxy groups -OCH3 is 2. The fourth-order valence-electron chi connectivity index (χ4n) is 4.09. The molecule has 1 aromatic heterocycles. The largest absolute Gasteiger partial charge is 0.497 e. The molecule has 0 saturated heterocycles. The molecular weight excluding hydrogens is 440 g/mol. The Kier molecular flexibility index (Phi) is 9.20. The van der Waals surface area contributed by atoms with Crippen LogP contribution in [0.1, 0.15) is 37.9 Å². The van der Waals surface area contributed by atoms with E-state index in [1.54, 1.807) is 32.4 Å². The number of aromatic nitrogens is 2. The molecule has 8 nitrogen and oxygen atoms in total. The third-order valence-electron chi connectivity index (χ3n) is 5.96. The maximum atomic E-state index is 12.9. The van der Waals surface area contributed by atoms with Crippen molar-refractivity contribution in [1.29, 1.82) is 0 Å². The van der Waals surface area contributed by atoms with E-state index in [0.29, 0.717) is 28.8 Å². The highest BCUT2D eigenvalue weighted by molar-refractivity contribution is 8.00. The Balaban J connectivity index is 1.73. The summed E-state index contributed by atoms with van der Waals surface area (Å²) in [5.41, 5.74) is 2.59. The van der Waals surface area contributed by atoms with E-state index >= 15 is 0 Å². The summed E-state index contributed by atoms with van der Waals surface area (Å²) in [5, 5.41) is 3.56. The highest BCUT2D eigenvalue weighted by Gasteiger charge is 2.21. The van der Waals surface area contributed by atoms with E-state index in [9.17, 15) is 9.59 Å². The van der Waals surface area contributed by atoms with Gasteiger partial charge >= 0.3 is 5.69 Å². The maximum absolute atomic E-state index is 12.9. The molecule has 1 amide bonds. The van der Waals surface area contributed by atoms with Gasteiger partial charge < -0.3 is 19.7 Å². The summed E-state index contributed by atoms with van der Waals surface area (Å²) in [4.78, 5) is 32.2. The Labute approximate surface area is 199 Å². The first-order valence-electron chi connectivity index (χ1n) is 11.5. The maximum Gasteiger partial charge on any atom is 0.348 e. The first-order chi connectivity index (χ1) is 16.0. The zero-order chi connectivity index (χ0) is 23.8. The Bertz CT molecular complexity index is 998. The van der Waals surface area contributed by atoms with Crippen LogP contribution in [0, 0.1) is 0 Å². The number of hydrogen-bond acceptors (Lipinski definition) is 7. The minimum atomic E-state index is -0.219. The zero-order valence-corrected chi connectivity index (χ0v) is 20.8. The van der Waals surface area contributed by atoms with Gasteiger partial charge in [0.1, 0.15) is 16.5 Å². The summed E-state index contributed by atoms with van der Waals surface area (Å²) in [6, 6.07) is 5.22. The number of benzene rings is 1. The van der Waals surface area contributed by atoms with Gasteiger partial charge in [-0.15, -0.1) is 0 Å². The van der Waals surface area contributed by atoms with E-state index in [2.05, 4.69) is 29.0 Å². The first kappa shape index (κ1) is 25.1. The predicted molar refractivity (Wildman–Crippen MR) is 132 cm³/mol. The molecule has 9 heteroatoms. The van der Waals surface area contributed by atoms with Gasteiger partial charge in [-0.1, -0.05) is 25.6 Å². The summed E-state index contributed by atoms with van der Waals surface area (Å²) < 4.78 is 12.4. The SMILES string of the molecule is CCN(CC)CCn1c2c(c(SCC(=O)Nc3cc(OC)cc(OC)c3)nc1=O)CCCC2. The Morgan fingerprint density at radius 3 is 2.42 bits per heavy atom. The van der Waals surface area contributed by atoms with Crippen LogP contribution in [0.15, 0.2) is 28.0 Å². The Morgan fingerprint density at radius 2 is 1.79 bits per heavy atom. The second-order valence-electron chi connectivity index (χ2n) is 7.95. The third kappa shape index (κ3) is 6.51. The molecule has 33 heavy (non-hydrogen) atoms. The van der Waals surface area contributed by atoms with Gasteiger partial charge in [0.2, 0.25) is 5.91 Å². The number of hydrogen-bond donors (Lipinski definition) is 1. The van der Waals surface area contributed by atoms with Gasteiger partial charge in [0.15, 0.2) is 0 Å². The normalized spacial score (nSPS) is 13.0. The van der Waals surface area contributed by atoms with Gasteiger partial charge in [0.25, 0.3) is 0 Å². The topological polar surface area (TPSA) is 85.7 Å². The minimum Gasteiger partial charge on any atom is -0.497 e. The van der Waals surface area contributed by atoms with Crippen LogP contribution >= 0.6 is 11.8 Å². The Hall–Kier alpha value is -2.52. The fourth-order valence-corrected chi connectivity index (χ4v) is 4.97. The van der Waals surface area contributed by atoms with E-state index in [-0.39, 0.29) is 17.3 Å². The number of carbonyl (C=O) groups excluding carboxylic acids is 1. The molecule has 1 aliphatic rings. The van der Waals surface area contributed by atoms with Crippen LogP contribution in [0.4, 0.5) is 5.69 Å². The zero-order valence-electron chi connectivity index (χ0n) is 20.0. The lowest BCUT2D eigenvalue weighted by Gasteiger charge is -2.24. The van der Waals surface area contributed by atoms with Crippen molar-refractivity contribution in [3.8, 4) is 11.5 Å². The van der Waals surface area contributed by atoms with Crippen molar-refractivity contribution in [2.75, 3.05) is 44.9 Å². The highest BCUT2D eigenvalue weighted by Crippen LogP contribution is 2.29. The van der Waals surface area contributed by atoms with Gasteiger partial charge in [-0.3, -0.25) is 9.36 Å². The number of nitrogens with zero attached hydrogens (tertiary/aromatic N) is 3. The number of carbonyl (C=O) groups is 1. The van der Waals surface area contributed by atoms with Crippen LogP contribution in [0.3, 0.4) is 0 Å². The molecule has 0 spiro atoms. The smallest absolute Gasteiger partial charge is 0.348 e. The van der Waals surface area contributed by atoms with Crippen molar-refractivity contribution < 1.29 is 14.3 Å². The standard InChI is InChI=1S/C24H34N4O4S/c1-5-27(6-2)11-12-28-21-10-8-7-9-20(21)23(26-24(28)30)33-16-22(29)25-17-13-18(31-3)15-19(14-17)32-4/h13-15H,5-12,16H2,1-4H3,(H,25,29). The number of anilines is 1. The molecule has 2 aromatic rings. The van der Waals surface area contributed by atoms with Gasteiger partial charge in [-0.25, -0.2) is 4.79 Å². The van der Waals surface area contributed by atoms with E-state index in [4.69, 9.17) is 9.47 Å². The molecule has 1 aromatic carbocycles. The first-order valence-corrected chi connectivity index (χ1v) is 12.5. The summed E-state index contributed by atoms with van der Waals surface area (Å²) in [6.07, 6.45) is 3.93. The van der Waals surface area contributed by atoms with Crippen molar-refractivity contribution in [1.82, 2.24) is 14.5 Å². The van der Waals surface area contributed by atoms with Crippen LogP contribution < -0.4 is 20.5 Å². The molecule has 180 valence electrons. The number of fused-ring (bicyclic) bond motifs is 1. The average Bonchev–Trinajstić information content (AvgIpc) is 2.84. The molecule has 1 N–H and O–H groups in total. The summed E-state index contributed by atoms with van der Waals surface area (Å²) in [6.45, 7) is 7.67. The predicted octanol–water partition coefficient (Wildman–Crippen LogP) is 3.21. The molecule has 0 atom stereocenters. The van der Waals surface area contributed by atoms with Crippen LogP contribution in [-0.2, 0) is 24.2 Å². The van der Waals surface area contributed by atoms with E-state index in [1.807, 2.05) is 4.57 Å². The lowest BCUT2D eigenvalue weighted by atomic mass is 9.97. The van der Waals surface area contributed by atoms with Crippen LogP contribution in [0.2, 0.25) is 0 Å². The Morgan fingerprint density at radius 1 is 1.12 bits per heavy atom. The lowest BCUT2D eigenvalue weighted by Crippen LogP contribution is -2.35. The van der Waals surface area contributed by atoms with E-state index < -0.39 is 0 Å². The van der Waals surface area contributed by atoms with Crippen molar-refractivity contribution >= 4 is 23.4 Å². The van der Waals surface area contributed by atoms with Gasteiger partial charge in [-0.2, -0.15) is 4.98 Å². The number of rotatable bonds is 11. The number of ether oxygens (including phenoxy) is 2. The molecule has 0 bridgehead atoms. The minimum absolute atomic E-state index is 0.169. The molecule has 0 aliphatic heterocycles. The molecule has 3 rings (SSSR count). The fraction of sp³-hybridized carbons (Fsp3) is 0.542. The summed E-state index contributed by atoms with van der Waals surface area (Å²) >= 11 is 1.33. The van der Waals surface area contributed by atoms with Crippen molar-refractivity contribution in [3.63, 3.8) is 0 Å². The van der Waals surface area contributed by atoms with Gasteiger partial charge in [0.05, 0.1) is 20.0 Å². The molecule has 1 heterocycles. The summed E-state index contributed by atoms with van der Waals surface area (Å²) in [7, 11) is 3.13. The van der Waals surface area contributed by atoms with Crippen molar-refractivity contribution in [3.05, 3.63) is 39.9 Å². The van der Waals surface area contributed by atoms with Crippen LogP contribution in [0.5, 0.6) is 11.5 Å². The number of amides is 1. The second-order valence-corrected chi connectivity index (χ2v) is 8.91. The summed E-state index contributed by atoms with van der Waals surface area (Å²) in [5.74, 6) is 1.19. The van der Waals surface area contributed by atoms with Crippen LogP contribution in [0.25, 0.3) is 0 Å². The second kappa shape index (κ2) is 12.1. The molecule has 0 radical (unpaired) electrons. The molecule has 0 unspecified atom stereocenters. The van der Waals surface area contributed by atoms with Crippen LogP contribution in [-0.4, -0.2) is 60.0 Å². The monoisotopic (exact) mass is 474 g/mol. The molecule has 0 saturated carbocycles. The molecule has 1 aliphatic carbocycles. The van der Waals surface area contributed by atoms with Crippen molar-refractivity contribution in [2.45, 2.75) is 51.1 Å². The van der Waals surface area contributed by atoms with Gasteiger partial charge in [0, 0.05) is 48.2 Å². The average molecular weight is 475 g/mol. The van der Waals surface area contributed by atoms with E-state index in [0.717, 1.165) is 56.6 Å². The number of nitrogens with one attached hydrogen (secondary N) is 1. The van der Waals surface area contributed by atoms with Gasteiger partial charge in [-0.05, 0) is 38.8 Å². The highest BCUT2D eigenvalue weighted by atomic mass is 32.2. The molecular formula is C24H34N4O4S. The number of likely N-dealkylation sites (N-methyl/N-ethyl adjacent to an activating group) is 1. The lowest BCUT2D eigenvalue weighted by molar-refractivity contribution is -0.113. The third-order valence-corrected chi connectivity index (χ3v) is 6.98. The quantitative estimate of drug-likeness (QED) is 0.395. The number of thioether (sulfide) groups is 1. The van der Waals surface area contributed by atoms with E-state index in [1.165, 1.54) is 11.8 Å². The molecule has 0 fully saturated rings. The van der Waals surface area contributed by atoms with Crippen molar-refractivity contribution in [2.24, 2.45) is 0 Å².